The average Bonchev–Trinajstić information content (AvgIpc) is 3.01. The summed E-state index contributed by atoms with van der Waals surface area (Å²) < 4.78 is 13.5. The molecule has 140 valence electrons. The van der Waals surface area contributed by atoms with Crippen molar-refractivity contribution in [3.05, 3.63) is 46.3 Å². The highest BCUT2D eigenvalue weighted by atomic mass is 32.1. The molecule has 1 saturated heterocycles. The normalized spacial score (nSPS) is 14.6. The largest absolute Gasteiger partial charge is 0.356 e. The maximum Gasteiger partial charge on any atom is 0.257 e. The van der Waals surface area contributed by atoms with Gasteiger partial charge in [0.05, 0.1) is 10.9 Å². The molecule has 1 N–H and O–H groups in total. The summed E-state index contributed by atoms with van der Waals surface area (Å²) in [5, 5.41) is 3.72. The number of halogens is 1. The molecule has 27 heavy (non-hydrogen) atoms. The second-order valence-electron chi connectivity index (χ2n) is 6.88. The van der Waals surface area contributed by atoms with Crippen LogP contribution in [0.3, 0.4) is 0 Å². The molecule has 1 fully saturated rings. The summed E-state index contributed by atoms with van der Waals surface area (Å²) in [5.41, 5.74) is 1.68. The number of nitrogens with zero attached hydrogens (tertiary/aromatic N) is 3. The minimum absolute atomic E-state index is 0.210. The Kier molecular flexibility index (Phi) is 4.78. The van der Waals surface area contributed by atoms with Gasteiger partial charge in [0.25, 0.3) is 5.91 Å². The number of hydrogen-bond acceptors (Lipinski definition) is 5. The van der Waals surface area contributed by atoms with Crippen molar-refractivity contribution in [1.82, 2.24) is 9.97 Å². The van der Waals surface area contributed by atoms with E-state index in [1.54, 1.807) is 25.4 Å². The Bertz CT molecular complexity index is 1010. The number of anilines is 2. The smallest absolute Gasteiger partial charge is 0.257 e. The molecule has 0 atom stereocenters. The molecular weight excluding hydrogens is 363 g/mol. The fourth-order valence-corrected chi connectivity index (χ4v) is 4.55. The summed E-state index contributed by atoms with van der Waals surface area (Å²) in [5.74, 6) is 0.341. The minimum Gasteiger partial charge on any atom is -0.356 e. The van der Waals surface area contributed by atoms with Crippen LogP contribution in [-0.2, 0) is 0 Å². The molecule has 0 radical (unpaired) electrons. The van der Waals surface area contributed by atoms with E-state index in [9.17, 15) is 9.18 Å². The van der Waals surface area contributed by atoms with Gasteiger partial charge in [-0.2, -0.15) is 0 Å². The number of aromatic nitrogens is 2. The highest BCUT2D eigenvalue weighted by Crippen LogP contribution is 2.36. The van der Waals surface area contributed by atoms with E-state index in [2.05, 4.69) is 20.2 Å². The lowest BCUT2D eigenvalue weighted by Gasteiger charge is -2.28. The number of nitrogens with one attached hydrogen (secondary N) is 1. The van der Waals surface area contributed by atoms with Gasteiger partial charge in [0.15, 0.2) is 0 Å². The zero-order chi connectivity index (χ0) is 19.0. The predicted molar refractivity (Wildman–Crippen MR) is 107 cm³/mol. The third kappa shape index (κ3) is 3.39. The first-order valence-electron chi connectivity index (χ1n) is 9.11. The molecule has 2 aromatic heterocycles. The van der Waals surface area contributed by atoms with Crippen LogP contribution < -0.4 is 10.2 Å². The fraction of sp³-hybridized carbons (Fsp3) is 0.350. The van der Waals surface area contributed by atoms with Crippen LogP contribution >= 0.6 is 11.3 Å². The topological polar surface area (TPSA) is 58.1 Å². The Hall–Kier alpha value is -2.54. The van der Waals surface area contributed by atoms with Crippen molar-refractivity contribution in [3.63, 3.8) is 0 Å². The SMILES string of the molecule is Cc1cc(NC(=O)c2c(C)sc3ncnc(N4CCCCC4)c23)ccc1F. The number of thiophene rings is 1. The number of hydrogen-bond donors (Lipinski definition) is 1. The molecule has 5 nitrogen and oxygen atoms in total. The highest BCUT2D eigenvalue weighted by Gasteiger charge is 2.24. The fourth-order valence-electron chi connectivity index (χ4n) is 3.56. The number of piperidine rings is 1. The van der Waals surface area contributed by atoms with Crippen molar-refractivity contribution in [1.29, 1.82) is 0 Å². The molecule has 0 saturated carbocycles. The van der Waals surface area contributed by atoms with Gasteiger partial charge in [0.1, 0.15) is 22.8 Å². The summed E-state index contributed by atoms with van der Waals surface area (Å²) in [7, 11) is 0. The number of fused-ring (bicyclic) bond motifs is 1. The maximum absolute atomic E-state index is 13.5. The Morgan fingerprint density at radius 3 is 2.70 bits per heavy atom. The van der Waals surface area contributed by atoms with Crippen molar-refractivity contribution in [2.45, 2.75) is 33.1 Å². The van der Waals surface area contributed by atoms with Crippen LogP contribution in [0.1, 0.15) is 40.1 Å². The van der Waals surface area contributed by atoms with Crippen LogP contribution in [0.2, 0.25) is 0 Å². The molecule has 7 heteroatoms. The van der Waals surface area contributed by atoms with E-state index in [-0.39, 0.29) is 11.7 Å². The standard InChI is InChI=1S/C20H21FN4OS/c1-12-10-14(6-7-15(12)21)24-19(26)16-13(2)27-20-17(16)18(22-11-23-20)25-8-4-3-5-9-25/h6-7,10-11H,3-5,8-9H2,1-2H3,(H,24,26). The molecule has 3 aromatic rings. The van der Waals surface area contributed by atoms with E-state index >= 15 is 0 Å². The van der Waals surface area contributed by atoms with Gasteiger partial charge < -0.3 is 10.2 Å². The maximum atomic E-state index is 13.5. The molecular formula is C20H21FN4OS. The van der Waals surface area contributed by atoms with Crippen molar-refractivity contribution < 1.29 is 9.18 Å². The van der Waals surface area contributed by atoms with Gasteiger partial charge in [0.2, 0.25) is 0 Å². The average molecular weight is 384 g/mol. The molecule has 0 unspecified atom stereocenters. The lowest BCUT2D eigenvalue weighted by Crippen LogP contribution is -2.30. The van der Waals surface area contributed by atoms with Gasteiger partial charge in [-0.1, -0.05) is 0 Å². The summed E-state index contributed by atoms with van der Waals surface area (Å²) in [4.78, 5) is 25.9. The second kappa shape index (κ2) is 7.23. The molecule has 4 rings (SSSR count). The first-order chi connectivity index (χ1) is 13.0. The zero-order valence-electron chi connectivity index (χ0n) is 15.4. The van der Waals surface area contributed by atoms with Crippen molar-refractivity contribution >= 4 is 39.0 Å². The molecule has 1 amide bonds. The summed E-state index contributed by atoms with van der Waals surface area (Å²) in [6, 6.07) is 4.58. The first kappa shape index (κ1) is 17.9. The molecule has 0 bridgehead atoms. The Labute approximate surface area is 161 Å². The van der Waals surface area contributed by atoms with Crippen LogP contribution in [0.5, 0.6) is 0 Å². The van der Waals surface area contributed by atoms with Crippen LogP contribution in [0.4, 0.5) is 15.9 Å². The molecule has 1 aliphatic heterocycles. The minimum atomic E-state index is -0.286. The van der Waals surface area contributed by atoms with Crippen molar-refractivity contribution in [3.8, 4) is 0 Å². The summed E-state index contributed by atoms with van der Waals surface area (Å²) >= 11 is 1.50. The second-order valence-corrected chi connectivity index (χ2v) is 8.08. The van der Waals surface area contributed by atoms with Gasteiger partial charge in [-0.05, 0) is 56.9 Å². The lowest BCUT2D eigenvalue weighted by molar-refractivity contribution is 0.102. The summed E-state index contributed by atoms with van der Waals surface area (Å²) in [6.45, 7) is 5.49. The third-order valence-electron chi connectivity index (χ3n) is 4.94. The first-order valence-corrected chi connectivity index (χ1v) is 9.93. The van der Waals surface area contributed by atoms with E-state index in [1.165, 1.54) is 23.8 Å². The summed E-state index contributed by atoms with van der Waals surface area (Å²) in [6.07, 6.45) is 5.06. The van der Waals surface area contributed by atoms with Crippen LogP contribution in [0, 0.1) is 19.7 Å². The van der Waals surface area contributed by atoms with E-state index in [0.717, 1.165) is 46.8 Å². The molecule has 0 spiro atoms. The molecule has 1 aliphatic rings. The molecule has 1 aromatic carbocycles. The van der Waals surface area contributed by atoms with Gasteiger partial charge in [-0.3, -0.25) is 4.79 Å². The number of aryl methyl sites for hydroxylation is 2. The monoisotopic (exact) mass is 384 g/mol. The van der Waals surface area contributed by atoms with Gasteiger partial charge >= 0.3 is 0 Å². The van der Waals surface area contributed by atoms with E-state index in [4.69, 9.17) is 0 Å². The third-order valence-corrected chi connectivity index (χ3v) is 5.96. The Morgan fingerprint density at radius 2 is 1.96 bits per heavy atom. The predicted octanol–water partition coefficient (Wildman–Crippen LogP) is 4.69. The number of benzene rings is 1. The van der Waals surface area contributed by atoms with E-state index in [0.29, 0.717) is 16.8 Å². The van der Waals surface area contributed by atoms with Crippen molar-refractivity contribution in [2.75, 3.05) is 23.3 Å². The molecule has 3 heterocycles. The lowest BCUT2D eigenvalue weighted by atomic mass is 10.1. The van der Waals surface area contributed by atoms with Crippen LogP contribution in [-0.4, -0.2) is 29.0 Å². The number of amides is 1. The Balaban J connectivity index is 1.74. The van der Waals surface area contributed by atoms with Gasteiger partial charge in [-0.25, -0.2) is 14.4 Å². The van der Waals surface area contributed by atoms with Crippen LogP contribution in [0.15, 0.2) is 24.5 Å². The van der Waals surface area contributed by atoms with Gasteiger partial charge in [-0.15, -0.1) is 11.3 Å². The van der Waals surface area contributed by atoms with E-state index in [1.807, 2.05) is 6.92 Å². The van der Waals surface area contributed by atoms with Crippen LogP contribution in [0.25, 0.3) is 10.2 Å². The zero-order valence-corrected chi connectivity index (χ0v) is 16.2. The molecule has 0 aliphatic carbocycles. The van der Waals surface area contributed by atoms with Gasteiger partial charge in [0, 0.05) is 23.7 Å². The Morgan fingerprint density at radius 1 is 1.19 bits per heavy atom. The highest BCUT2D eigenvalue weighted by molar-refractivity contribution is 7.19. The quantitative estimate of drug-likeness (QED) is 0.712. The van der Waals surface area contributed by atoms with Crippen molar-refractivity contribution in [2.24, 2.45) is 0 Å². The van der Waals surface area contributed by atoms with E-state index < -0.39 is 0 Å². The number of rotatable bonds is 3. The number of carbonyl (C=O) groups excluding carboxylic acids is 1. The number of carbonyl (C=O) groups is 1.